The number of carbonyl (C=O) groups excluding carboxylic acids is 2. The predicted octanol–water partition coefficient (Wildman–Crippen LogP) is 2.19. The molecule has 128 valence electrons. The van der Waals surface area contributed by atoms with Crippen LogP contribution in [0.3, 0.4) is 0 Å². The molecule has 3 atom stereocenters. The number of ketones is 1. The van der Waals surface area contributed by atoms with Gasteiger partial charge < -0.3 is 5.11 Å². The zero-order chi connectivity index (χ0) is 16.9. The number of hydrogen-bond acceptors (Lipinski definition) is 4. The molecule has 1 aromatic rings. The summed E-state index contributed by atoms with van der Waals surface area (Å²) in [6.07, 6.45) is 3.01. The molecule has 0 saturated carbocycles. The Morgan fingerprint density at radius 1 is 1.25 bits per heavy atom. The molecule has 0 aromatic heterocycles. The quantitative estimate of drug-likeness (QED) is 0.858. The van der Waals surface area contributed by atoms with E-state index >= 15 is 0 Å². The van der Waals surface area contributed by atoms with Crippen LogP contribution in [0.2, 0.25) is 0 Å². The van der Waals surface area contributed by atoms with Gasteiger partial charge in [0.1, 0.15) is 6.23 Å². The number of aliphatic hydroxyl groups excluding tert-OH is 1. The summed E-state index contributed by atoms with van der Waals surface area (Å²) in [6.45, 7) is 3.59. The second-order valence-corrected chi connectivity index (χ2v) is 7.34. The maximum absolute atomic E-state index is 13.4. The summed E-state index contributed by atoms with van der Waals surface area (Å²) in [6, 6.07) is 6.97. The molecule has 5 heteroatoms. The standard InChI is InChI=1S/C19H24N2O3/c1-2-19-9-5-10-20-11-8-15(22)13-6-3-4-7-14(13)21(16(23)12-19)18(24)17(19)20/h3-4,6-7,16-17,23H,2,5,8-12H2,1H3. The fraction of sp³-hybridized carbons (Fsp3) is 0.579. The monoisotopic (exact) mass is 328 g/mol. The number of aliphatic hydroxyl groups is 1. The first-order valence-electron chi connectivity index (χ1n) is 8.95. The van der Waals surface area contributed by atoms with Crippen LogP contribution in [-0.2, 0) is 4.79 Å². The Morgan fingerprint density at radius 2 is 2.04 bits per heavy atom. The first-order valence-corrected chi connectivity index (χ1v) is 8.95. The number of rotatable bonds is 1. The summed E-state index contributed by atoms with van der Waals surface area (Å²) >= 11 is 0. The van der Waals surface area contributed by atoms with Crippen LogP contribution in [0.1, 0.15) is 49.4 Å². The molecule has 3 heterocycles. The van der Waals surface area contributed by atoms with Crippen LogP contribution < -0.4 is 4.90 Å². The van der Waals surface area contributed by atoms with Crippen LogP contribution in [0.25, 0.3) is 0 Å². The molecule has 1 N–H and O–H groups in total. The molecule has 2 fully saturated rings. The van der Waals surface area contributed by atoms with Gasteiger partial charge >= 0.3 is 0 Å². The molecule has 2 saturated heterocycles. The summed E-state index contributed by atoms with van der Waals surface area (Å²) in [5.74, 6) is 0.00303. The maximum atomic E-state index is 13.4. The highest BCUT2D eigenvalue weighted by molar-refractivity contribution is 6.08. The van der Waals surface area contributed by atoms with Crippen molar-refractivity contribution in [3.63, 3.8) is 0 Å². The van der Waals surface area contributed by atoms with E-state index in [9.17, 15) is 14.7 Å². The predicted molar refractivity (Wildman–Crippen MR) is 90.8 cm³/mol. The smallest absolute Gasteiger partial charge is 0.247 e. The highest BCUT2D eigenvalue weighted by Crippen LogP contribution is 2.48. The minimum atomic E-state index is -0.860. The van der Waals surface area contributed by atoms with Crippen molar-refractivity contribution in [2.75, 3.05) is 18.0 Å². The van der Waals surface area contributed by atoms with Crippen molar-refractivity contribution < 1.29 is 14.7 Å². The SMILES string of the molecule is CCC12CCCN3CCC(=O)c4ccccc4N(C(=O)C31)C(O)C2. The Balaban J connectivity index is 1.89. The second-order valence-electron chi connectivity index (χ2n) is 7.34. The minimum absolute atomic E-state index is 0.0440. The number of hydrogen-bond donors (Lipinski definition) is 1. The number of anilines is 1. The van der Waals surface area contributed by atoms with Gasteiger partial charge in [0.25, 0.3) is 0 Å². The Hall–Kier alpha value is -1.72. The summed E-state index contributed by atoms with van der Waals surface area (Å²) in [5, 5.41) is 10.8. The molecule has 0 aliphatic carbocycles. The first kappa shape index (κ1) is 15.8. The number of carbonyl (C=O) groups is 2. The number of para-hydroxylation sites is 1. The molecule has 3 aliphatic rings. The van der Waals surface area contributed by atoms with Crippen molar-refractivity contribution in [3.8, 4) is 0 Å². The van der Waals surface area contributed by atoms with Gasteiger partial charge in [-0.15, -0.1) is 0 Å². The Morgan fingerprint density at radius 3 is 2.83 bits per heavy atom. The van der Waals surface area contributed by atoms with E-state index in [0.717, 1.165) is 25.8 Å². The molecule has 0 radical (unpaired) electrons. The highest BCUT2D eigenvalue weighted by atomic mass is 16.3. The average molecular weight is 328 g/mol. The van der Waals surface area contributed by atoms with Gasteiger partial charge in [0.05, 0.1) is 11.7 Å². The van der Waals surface area contributed by atoms with Crippen LogP contribution in [0.5, 0.6) is 0 Å². The largest absolute Gasteiger partial charge is 0.373 e. The molecule has 3 unspecified atom stereocenters. The number of nitrogens with zero attached hydrogens (tertiary/aromatic N) is 2. The lowest BCUT2D eigenvalue weighted by Crippen LogP contribution is -2.67. The van der Waals surface area contributed by atoms with E-state index in [1.54, 1.807) is 12.1 Å². The van der Waals surface area contributed by atoms with Gasteiger partial charge in [-0.05, 0) is 43.4 Å². The van der Waals surface area contributed by atoms with Crippen LogP contribution in [-0.4, -0.2) is 47.1 Å². The normalized spacial score (nSPS) is 33.5. The number of fused-ring (bicyclic) bond motifs is 3. The molecule has 5 nitrogen and oxygen atoms in total. The topological polar surface area (TPSA) is 60.9 Å². The van der Waals surface area contributed by atoms with E-state index < -0.39 is 6.23 Å². The summed E-state index contributed by atoms with van der Waals surface area (Å²) in [5.41, 5.74) is 0.944. The second kappa shape index (κ2) is 5.67. The van der Waals surface area contributed by atoms with E-state index in [-0.39, 0.29) is 23.1 Å². The molecular weight excluding hydrogens is 304 g/mol. The Kier molecular flexibility index (Phi) is 3.73. The molecule has 24 heavy (non-hydrogen) atoms. The summed E-state index contributed by atoms with van der Waals surface area (Å²) < 4.78 is 0. The van der Waals surface area contributed by atoms with Crippen molar-refractivity contribution in [2.45, 2.75) is 51.3 Å². The van der Waals surface area contributed by atoms with E-state index in [1.807, 2.05) is 12.1 Å². The maximum Gasteiger partial charge on any atom is 0.247 e. The lowest BCUT2D eigenvalue weighted by atomic mass is 9.65. The third-order valence-electron chi connectivity index (χ3n) is 6.22. The number of amides is 1. The van der Waals surface area contributed by atoms with E-state index in [2.05, 4.69) is 11.8 Å². The molecule has 3 aliphatic heterocycles. The fourth-order valence-electron chi connectivity index (χ4n) is 4.99. The van der Waals surface area contributed by atoms with Gasteiger partial charge in [-0.2, -0.15) is 0 Å². The third-order valence-corrected chi connectivity index (χ3v) is 6.22. The van der Waals surface area contributed by atoms with Crippen molar-refractivity contribution in [3.05, 3.63) is 29.8 Å². The van der Waals surface area contributed by atoms with Crippen LogP contribution in [0, 0.1) is 5.41 Å². The van der Waals surface area contributed by atoms with Gasteiger partial charge in [0.2, 0.25) is 5.91 Å². The first-order chi connectivity index (χ1) is 11.6. The summed E-state index contributed by atoms with van der Waals surface area (Å²) in [4.78, 5) is 29.8. The fourth-order valence-corrected chi connectivity index (χ4v) is 4.99. The zero-order valence-electron chi connectivity index (χ0n) is 14.1. The van der Waals surface area contributed by atoms with Crippen molar-refractivity contribution in [1.82, 2.24) is 4.90 Å². The molecule has 4 rings (SSSR count). The lowest BCUT2D eigenvalue weighted by Gasteiger charge is -2.55. The van der Waals surface area contributed by atoms with Crippen LogP contribution in [0.15, 0.2) is 24.3 Å². The van der Waals surface area contributed by atoms with Crippen LogP contribution >= 0.6 is 0 Å². The van der Waals surface area contributed by atoms with Crippen molar-refractivity contribution in [2.24, 2.45) is 5.41 Å². The lowest BCUT2D eigenvalue weighted by molar-refractivity contribution is -0.143. The Labute approximate surface area is 142 Å². The third kappa shape index (κ3) is 2.15. The van der Waals surface area contributed by atoms with E-state index in [4.69, 9.17) is 0 Å². The Bertz CT molecular complexity index is 689. The molecule has 1 amide bonds. The van der Waals surface area contributed by atoms with Crippen LogP contribution in [0.4, 0.5) is 5.69 Å². The molecule has 0 spiro atoms. The number of benzene rings is 1. The summed E-state index contributed by atoms with van der Waals surface area (Å²) in [7, 11) is 0. The highest BCUT2D eigenvalue weighted by Gasteiger charge is 2.55. The van der Waals surface area contributed by atoms with E-state index in [0.29, 0.717) is 30.6 Å². The number of Topliss-reactive ketones (excluding diaryl/α,β-unsaturated/α-hetero) is 1. The molecule has 2 bridgehead atoms. The number of piperidine rings is 2. The van der Waals surface area contributed by atoms with E-state index in [1.165, 1.54) is 4.90 Å². The van der Waals surface area contributed by atoms with Gasteiger partial charge in [-0.1, -0.05) is 19.1 Å². The minimum Gasteiger partial charge on any atom is -0.373 e. The van der Waals surface area contributed by atoms with Gasteiger partial charge in [-0.3, -0.25) is 19.4 Å². The molecular formula is C19H24N2O3. The van der Waals surface area contributed by atoms with Gasteiger partial charge in [0.15, 0.2) is 5.78 Å². The molecule has 1 aromatic carbocycles. The van der Waals surface area contributed by atoms with Crippen molar-refractivity contribution >= 4 is 17.4 Å². The zero-order valence-corrected chi connectivity index (χ0v) is 14.1. The van der Waals surface area contributed by atoms with Gasteiger partial charge in [-0.25, -0.2) is 0 Å². The van der Waals surface area contributed by atoms with Crippen molar-refractivity contribution in [1.29, 1.82) is 0 Å². The van der Waals surface area contributed by atoms with Gasteiger partial charge in [0, 0.05) is 24.9 Å². The average Bonchev–Trinajstić information content (AvgIpc) is 2.62.